The van der Waals surface area contributed by atoms with Crippen molar-refractivity contribution in [3.05, 3.63) is 22.7 Å². The molecular weight excluding hydrogens is 304 g/mol. The minimum atomic E-state index is -0.0148. The zero-order valence-corrected chi connectivity index (χ0v) is 14.2. The molecular formula is C16H23ClN2O3. The van der Waals surface area contributed by atoms with Crippen LogP contribution in [0.25, 0.3) is 0 Å². The quantitative estimate of drug-likeness (QED) is 0.834. The first-order valence-corrected chi connectivity index (χ1v) is 8.00. The van der Waals surface area contributed by atoms with Gasteiger partial charge in [-0.1, -0.05) is 18.5 Å². The molecule has 0 bridgehead atoms. The predicted molar refractivity (Wildman–Crippen MR) is 87.2 cm³/mol. The molecule has 22 heavy (non-hydrogen) atoms. The molecule has 1 aromatic carbocycles. The highest BCUT2D eigenvalue weighted by Gasteiger charge is 2.23. The summed E-state index contributed by atoms with van der Waals surface area (Å²) in [6.45, 7) is 8.80. The Labute approximate surface area is 136 Å². The highest BCUT2D eigenvalue weighted by molar-refractivity contribution is 6.32. The Kier molecular flexibility index (Phi) is 5.91. The number of rotatable bonds is 5. The molecule has 0 aromatic heterocycles. The van der Waals surface area contributed by atoms with Crippen LogP contribution in [0.2, 0.25) is 5.02 Å². The van der Waals surface area contributed by atoms with Gasteiger partial charge in [0.2, 0.25) is 0 Å². The molecule has 1 aliphatic rings. The van der Waals surface area contributed by atoms with Crippen LogP contribution in [0.3, 0.4) is 0 Å². The lowest BCUT2D eigenvalue weighted by atomic mass is 10.1. The molecule has 6 heteroatoms. The summed E-state index contributed by atoms with van der Waals surface area (Å²) in [6, 6.07) is 3.36. The maximum absolute atomic E-state index is 12.6. The number of methoxy groups -OCH3 is 1. The van der Waals surface area contributed by atoms with Crippen LogP contribution < -0.4 is 9.47 Å². The summed E-state index contributed by atoms with van der Waals surface area (Å²) in [5.74, 6) is 0.961. The number of halogens is 1. The fourth-order valence-electron chi connectivity index (χ4n) is 2.58. The second-order valence-electron chi connectivity index (χ2n) is 5.15. The molecule has 2 rings (SSSR count). The van der Waals surface area contributed by atoms with Crippen LogP contribution in [-0.4, -0.2) is 62.1 Å². The van der Waals surface area contributed by atoms with Gasteiger partial charge in [-0.25, -0.2) is 0 Å². The second kappa shape index (κ2) is 7.70. The number of piperazine rings is 1. The van der Waals surface area contributed by atoms with E-state index in [1.807, 2.05) is 11.8 Å². The van der Waals surface area contributed by atoms with E-state index in [-0.39, 0.29) is 5.91 Å². The number of carbonyl (C=O) groups excluding carboxylic acids is 1. The van der Waals surface area contributed by atoms with Crippen molar-refractivity contribution in [2.24, 2.45) is 0 Å². The molecule has 1 saturated heterocycles. The standard InChI is InChI=1S/C16H23ClN2O3/c1-4-18-6-8-19(9-7-18)16(20)12-10-13(17)15(22-5-2)14(11-12)21-3/h10-11H,4-9H2,1-3H3. The van der Waals surface area contributed by atoms with E-state index in [4.69, 9.17) is 21.1 Å². The Hall–Kier alpha value is -1.46. The number of carbonyl (C=O) groups is 1. The van der Waals surface area contributed by atoms with Gasteiger partial charge < -0.3 is 19.3 Å². The van der Waals surface area contributed by atoms with E-state index in [9.17, 15) is 4.79 Å². The average Bonchev–Trinajstić information content (AvgIpc) is 2.56. The predicted octanol–water partition coefficient (Wildman–Crippen LogP) is 2.53. The highest BCUT2D eigenvalue weighted by atomic mass is 35.5. The zero-order chi connectivity index (χ0) is 16.1. The fraction of sp³-hybridized carbons (Fsp3) is 0.562. The normalized spacial score (nSPS) is 15.7. The lowest BCUT2D eigenvalue weighted by Crippen LogP contribution is -2.48. The minimum absolute atomic E-state index is 0.0148. The monoisotopic (exact) mass is 326 g/mol. The van der Waals surface area contributed by atoms with Crippen molar-refractivity contribution in [2.75, 3.05) is 46.4 Å². The van der Waals surface area contributed by atoms with Crippen molar-refractivity contribution in [2.45, 2.75) is 13.8 Å². The van der Waals surface area contributed by atoms with Crippen molar-refractivity contribution in [3.63, 3.8) is 0 Å². The summed E-state index contributed by atoms with van der Waals surface area (Å²) >= 11 is 6.24. The van der Waals surface area contributed by atoms with Gasteiger partial charge in [0.25, 0.3) is 5.91 Å². The van der Waals surface area contributed by atoms with E-state index in [1.54, 1.807) is 19.2 Å². The smallest absolute Gasteiger partial charge is 0.254 e. The molecule has 0 radical (unpaired) electrons. The SMILES string of the molecule is CCOc1c(Cl)cc(C(=O)N2CCN(CC)CC2)cc1OC. The Morgan fingerprint density at radius 3 is 2.45 bits per heavy atom. The number of benzene rings is 1. The Morgan fingerprint density at radius 1 is 1.23 bits per heavy atom. The molecule has 122 valence electrons. The van der Waals surface area contributed by atoms with Crippen LogP contribution in [0.15, 0.2) is 12.1 Å². The van der Waals surface area contributed by atoms with Crippen molar-refractivity contribution >= 4 is 17.5 Å². The van der Waals surface area contributed by atoms with E-state index >= 15 is 0 Å². The second-order valence-corrected chi connectivity index (χ2v) is 5.56. The lowest BCUT2D eigenvalue weighted by Gasteiger charge is -2.34. The van der Waals surface area contributed by atoms with Crippen molar-refractivity contribution in [1.82, 2.24) is 9.80 Å². The van der Waals surface area contributed by atoms with E-state index < -0.39 is 0 Å². The van der Waals surface area contributed by atoms with Crippen molar-refractivity contribution in [3.8, 4) is 11.5 Å². The third-order valence-electron chi connectivity index (χ3n) is 3.87. The van der Waals surface area contributed by atoms with E-state index in [0.29, 0.717) is 28.7 Å². The van der Waals surface area contributed by atoms with Crippen LogP contribution in [0.1, 0.15) is 24.2 Å². The maximum atomic E-state index is 12.6. The first-order valence-electron chi connectivity index (χ1n) is 7.62. The maximum Gasteiger partial charge on any atom is 0.254 e. The molecule has 1 fully saturated rings. The Morgan fingerprint density at radius 2 is 1.91 bits per heavy atom. The van der Waals surface area contributed by atoms with Crippen LogP contribution in [-0.2, 0) is 0 Å². The third kappa shape index (κ3) is 3.65. The molecule has 0 spiro atoms. The van der Waals surface area contributed by atoms with Crippen molar-refractivity contribution in [1.29, 1.82) is 0 Å². The van der Waals surface area contributed by atoms with Gasteiger partial charge in [-0.2, -0.15) is 0 Å². The van der Waals surface area contributed by atoms with Crippen LogP contribution in [0.4, 0.5) is 0 Å². The highest BCUT2D eigenvalue weighted by Crippen LogP contribution is 2.36. The number of nitrogens with zero attached hydrogens (tertiary/aromatic N) is 2. The molecule has 1 aliphatic heterocycles. The number of hydrogen-bond acceptors (Lipinski definition) is 4. The molecule has 0 unspecified atom stereocenters. The third-order valence-corrected chi connectivity index (χ3v) is 4.15. The van der Waals surface area contributed by atoms with Gasteiger partial charge in [0.1, 0.15) is 0 Å². The van der Waals surface area contributed by atoms with Gasteiger partial charge in [-0.3, -0.25) is 4.79 Å². The van der Waals surface area contributed by atoms with Crippen LogP contribution in [0.5, 0.6) is 11.5 Å². The summed E-state index contributed by atoms with van der Waals surface area (Å²) < 4.78 is 10.8. The summed E-state index contributed by atoms with van der Waals surface area (Å²) in [5, 5.41) is 0.400. The van der Waals surface area contributed by atoms with E-state index in [0.717, 1.165) is 32.7 Å². The first-order chi connectivity index (χ1) is 10.6. The number of likely N-dealkylation sites (N-methyl/N-ethyl adjacent to an activating group) is 1. The van der Waals surface area contributed by atoms with Crippen molar-refractivity contribution < 1.29 is 14.3 Å². The number of amides is 1. The Balaban J connectivity index is 2.18. The first kappa shape index (κ1) is 16.9. The molecule has 0 N–H and O–H groups in total. The van der Waals surface area contributed by atoms with Gasteiger partial charge in [0, 0.05) is 31.7 Å². The topological polar surface area (TPSA) is 42.0 Å². The zero-order valence-electron chi connectivity index (χ0n) is 13.4. The average molecular weight is 327 g/mol. The molecule has 1 amide bonds. The van der Waals surface area contributed by atoms with Gasteiger partial charge in [-0.05, 0) is 25.6 Å². The summed E-state index contributed by atoms with van der Waals surface area (Å²) in [5.41, 5.74) is 0.537. The van der Waals surface area contributed by atoms with E-state index in [2.05, 4.69) is 11.8 Å². The van der Waals surface area contributed by atoms with Crippen LogP contribution >= 0.6 is 11.6 Å². The summed E-state index contributed by atoms with van der Waals surface area (Å²) in [4.78, 5) is 16.8. The molecule has 5 nitrogen and oxygen atoms in total. The van der Waals surface area contributed by atoms with Crippen LogP contribution in [0, 0.1) is 0 Å². The minimum Gasteiger partial charge on any atom is -0.493 e. The largest absolute Gasteiger partial charge is 0.493 e. The summed E-state index contributed by atoms with van der Waals surface area (Å²) in [7, 11) is 1.54. The van der Waals surface area contributed by atoms with E-state index in [1.165, 1.54) is 0 Å². The summed E-state index contributed by atoms with van der Waals surface area (Å²) in [6.07, 6.45) is 0. The van der Waals surface area contributed by atoms with Gasteiger partial charge >= 0.3 is 0 Å². The van der Waals surface area contributed by atoms with Gasteiger partial charge in [-0.15, -0.1) is 0 Å². The molecule has 0 saturated carbocycles. The number of ether oxygens (including phenoxy) is 2. The fourth-order valence-corrected chi connectivity index (χ4v) is 2.84. The van der Waals surface area contributed by atoms with Gasteiger partial charge in [0.15, 0.2) is 11.5 Å². The molecule has 1 heterocycles. The lowest BCUT2D eigenvalue weighted by molar-refractivity contribution is 0.0643. The number of hydrogen-bond donors (Lipinski definition) is 0. The molecule has 1 aromatic rings. The van der Waals surface area contributed by atoms with Gasteiger partial charge in [0.05, 0.1) is 18.7 Å². The Bertz CT molecular complexity index is 528. The molecule has 0 atom stereocenters. The molecule has 0 aliphatic carbocycles.